The molecule has 0 aliphatic carbocycles. The van der Waals surface area contributed by atoms with Crippen LogP contribution in [0.15, 0.2) is 118 Å². The van der Waals surface area contributed by atoms with Crippen LogP contribution in [-0.4, -0.2) is 35.2 Å². The number of rotatable bonds is 10. The molecule has 0 saturated heterocycles. The van der Waals surface area contributed by atoms with Crippen LogP contribution in [0, 0.1) is 6.92 Å². The van der Waals surface area contributed by atoms with E-state index >= 15 is 0 Å². The van der Waals surface area contributed by atoms with Crippen molar-refractivity contribution in [1.82, 2.24) is 14.5 Å². The summed E-state index contributed by atoms with van der Waals surface area (Å²) in [6.45, 7) is 1.85. The molecule has 0 bridgehead atoms. The molecule has 1 aromatic heterocycles. The largest absolute Gasteiger partial charge is 0.478 e. The van der Waals surface area contributed by atoms with Gasteiger partial charge in [-0.05, 0) is 79.6 Å². The number of aryl methyl sites for hydroxylation is 2. The summed E-state index contributed by atoms with van der Waals surface area (Å²) in [6.07, 6.45) is -4.77. The number of carbonyl (C=O) groups excluding carboxylic acids is 1. The lowest BCUT2D eigenvalue weighted by Gasteiger charge is -2.11. The molecule has 47 heavy (non-hydrogen) atoms. The van der Waals surface area contributed by atoms with Crippen molar-refractivity contribution in [3.63, 3.8) is 0 Å². The number of nitrogens with zero attached hydrogens (tertiary/aromatic N) is 4. The second-order valence-corrected chi connectivity index (χ2v) is 12.1. The van der Waals surface area contributed by atoms with Crippen LogP contribution in [0.3, 0.4) is 0 Å². The Balaban J connectivity index is 1.27. The van der Waals surface area contributed by atoms with Crippen molar-refractivity contribution < 1.29 is 36.3 Å². The number of azo groups is 1. The van der Waals surface area contributed by atoms with Crippen LogP contribution in [0.25, 0.3) is 16.9 Å². The second-order valence-electron chi connectivity index (χ2n) is 10.4. The molecule has 10 nitrogen and oxygen atoms in total. The monoisotopic (exact) mass is 661 g/mol. The quantitative estimate of drug-likeness (QED) is 0.149. The topological polar surface area (TPSA) is 143 Å². The van der Waals surface area contributed by atoms with Gasteiger partial charge in [0.2, 0.25) is 5.91 Å². The van der Waals surface area contributed by atoms with Gasteiger partial charge in [-0.15, -0.1) is 0 Å². The molecule has 0 radical (unpaired) electrons. The van der Waals surface area contributed by atoms with Crippen molar-refractivity contribution in [2.45, 2.75) is 30.8 Å². The molecule has 0 atom stereocenters. The molecule has 0 saturated carbocycles. The van der Waals surface area contributed by atoms with Crippen molar-refractivity contribution in [2.24, 2.45) is 10.2 Å². The zero-order valence-corrected chi connectivity index (χ0v) is 25.5. The number of nitrogens with one attached hydrogen (secondary N) is 1. The molecule has 5 rings (SSSR count). The number of aromatic nitrogens is 2. The molecule has 14 heteroatoms. The van der Waals surface area contributed by atoms with Crippen LogP contribution >= 0.6 is 0 Å². The highest BCUT2D eigenvalue weighted by molar-refractivity contribution is 7.90. The fourth-order valence-electron chi connectivity index (χ4n) is 4.52. The van der Waals surface area contributed by atoms with Gasteiger partial charge in [0.05, 0.1) is 33.2 Å². The Morgan fingerprint density at radius 2 is 1.55 bits per heavy atom. The lowest BCUT2D eigenvalue weighted by molar-refractivity contribution is -0.141. The summed E-state index contributed by atoms with van der Waals surface area (Å²) in [4.78, 5) is 23.4. The van der Waals surface area contributed by atoms with Gasteiger partial charge >= 0.3 is 12.1 Å². The molecule has 1 heterocycles. The summed E-state index contributed by atoms with van der Waals surface area (Å²) in [5.41, 5.74) is 2.24. The fraction of sp³-hybridized carbons (Fsp3) is 0.121. The smallest absolute Gasteiger partial charge is 0.435 e. The summed E-state index contributed by atoms with van der Waals surface area (Å²) in [7, 11) is -4.31. The van der Waals surface area contributed by atoms with Gasteiger partial charge in [-0.2, -0.15) is 28.5 Å². The molecule has 0 fully saturated rings. The average molecular weight is 662 g/mol. The zero-order chi connectivity index (χ0) is 33.8. The number of alkyl halides is 3. The van der Waals surface area contributed by atoms with Crippen LogP contribution in [0.4, 0.5) is 24.5 Å². The number of amides is 1. The van der Waals surface area contributed by atoms with Gasteiger partial charge in [0.25, 0.3) is 10.0 Å². The molecule has 1 amide bonds. The van der Waals surface area contributed by atoms with Crippen molar-refractivity contribution in [1.29, 1.82) is 0 Å². The van der Waals surface area contributed by atoms with Crippen LogP contribution in [0.5, 0.6) is 0 Å². The van der Waals surface area contributed by atoms with E-state index in [-0.39, 0.29) is 34.7 Å². The first-order valence-corrected chi connectivity index (χ1v) is 15.5. The third kappa shape index (κ3) is 7.97. The summed E-state index contributed by atoms with van der Waals surface area (Å²) in [5.74, 6) is -1.85. The standard InChI is InChI=1S/C33H26F3N5O5S/c1-21-6-8-23(9-7-21)29-20-30(33(34,35)36)39-41(29)26-15-17-27(18-16-26)47(45,46)40-31(42)19-12-22-4-2-3-5-28(22)38-37-25-13-10-24(11-14-25)32(43)44/h2-11,13-18,20H,12,19H2,1H3,(H,40,42)(H,43,44). The summed E-state index contributed by atoms with van der Waals surface area (Å²) in [5, 5.41) is 21.0. The molecule has 2 N–H and O–H groups in total. The second kappa shape index (κ2) is 13.4. The normalized spacial score (nSPS) is 11.9. The Morgan fingerprint density at radius 3 is 2.19 bits per heavy atom. The van der Waals surface area contributed by atoms with Crippen LogP contribution in [0.2, 0.25) is 0 Å². The van der Waals surface area contributed by atoms with Crippen molar-refractivity contribution >= 4 is 33.3 Å². The summed E-state index contributed by atoms with van der Waals surface area (Å²) in [6, 6.07) is 25.4. The van der Waals surface area contributed by atoms with Crippen molar-refractivity contribution in [3.05, 3.63) is 126 Å². The Bertz CT molecular complexity index is 2060. The van der Waals surface area contributed by atoms with Gasteiger partial charge in [0, 0.05) is 12.0 Å². The lowest BCUT2D eigenvalue weighted by Crippen LogP contribution is -2.30. The van der Waals surface area contributed by atoms with E-state index in [1.54, 1.807) is 48.5 Å². The van der Waals surface area contributed by atoms with Crippen molar-refractivity contribution in [3.8, 4) is 16.9 Å². The number of carbonyl (C=O) groups is 2. The number of carboxylic acid groups (broad SMARTS) is 1. The van der Waals surface area contributed by atoms with E-state index in [0.717, 1.165) is 16.3 Å². The molecule has 0 aliphatic heterocycles. The van der Waals surface area contributed by atoms with Gasteiger partial charge < -0.3 is 5.11 Å². The molecule has 5 aromatic rings. The number of hydrogen-bond donors (Lipinski definition) is 2. The summed E-state index contributed by atoms with van der Waals surface area (Å²) >= 11 is 0. The number of aromatic carboxylic acids is 1. The van der Waals surface area contributed by atoms with Crippen LogP contribution < -0.4 is 4.72 Å². The van der Waals surface area contributed by atoms with Crippen molar-refractivity contribution in [2.75, 3.05) is 0 Å². The molecule has 0 aliphatic rings. The van der Waals surface area contributed by atoms with Gasteiger partial charge in [0.1, 0.15) is 0 Å². The third-order valence-corrected chi connectivity index (χ3v) is 8.38. The Kier molecular flexibility index (Phi) is 9.33. The maximum atomic E-state index is 13.5. The number of hydrogen-bond acceptors (Lipinski definition) is 7. The minimum absolute atomic E-state index is 0.103. The summed E-state index contributed by atoms with van der Waals surface area (Å²) < 4.78 is 69.7. The molecule has 240 valence electrons. The SMILES string of the molecule is Cc1ccc(-c2cc(C(F)(F)F)nn2-c2ccc(S(=O)(=O)NC(=O)CCc3ccccc3N=Nc3ccc(C(=O)O)cc3)cc2)cc1. The van der Waals surface area contributed by atoms with E-state index in [4.69, 9.17) is 5.11 Å². The minimum Gasteiger partial charge on any atom is -0.478 e. The van der Waals surface area contributed by atoms with Gasteiger partial charge in [0.15, 0.2) is 5.69 Å². The highest BCUT2D eigenvalue weighted by Crippen LogP contribution is 2.33. The van der Waals surface area contributed by atoms with Gasteiger partial charge in [-0.1, -0.05) is 48.0 Å². The predicted molar refractivity (Wildman–Crippen MR) is 166 cm³/mol. The highest BCUT2D eigenvalue weighted by Gasteiger charge is 2.35. The molecule has 0 unspecified atom stereocenters. The first-order chi connectivity index (χ1) is 22.3. The Hall–Kier alpha value is -5.63. The number of carboxylic acids is 1. The lowest BCUT2D eigenvalue weighted by atomic mass is 10.1. The van der Waals surface area contributed by atoms with E-state index in [9.17, 15) is 31.2 Å². The Labute approximate surface area is 267 Å². The first-order valence-electron chi connectivity index (χ1n) is 14.0. The maximum Gasteiger partial charge on any atom is 0.435 e. The number of sulfonamides is 1. The molecule has 0 spiro atoms. The van der Waals surface area contributed by atoms with Crippen LogP contribution in [0.1, 0.15) is 33.6 Å². The molecular weight excluding hydrogens is 635 g/mol. The zero-order valence-electron chi connectivity index (χ0n) is 24.6. The minimum atomic E-state index is -4.70. The predicted octanol–water partition coefficient (Wildman–Crippen LogP) is 7.42. The van der Waals surface area contributed by atoms with E-state index in [1.807, 2.05) is 11.6 Å². The molecular formula is C33H26F3N5O5S. The van der Waals surface area contributed by atoms with Gasteiger partial charge in [-0.3, -0.25) is 4.79 Å². The van der Waals surface area contributed by atoms with E-state index in [2.05, 4.69) is 15.3 Å². The van der Waals surface area contributed by atoms with E-state index < -0.39 is 33.8 Å². The fourth-order valence-corrected chi connectivity index (χ4v) is 5.54. The van der Waals surface area contributed by atoms with E-state index in [0.29, 0.717) is 22.5 Å². The number of benzene rings is 4. The third-order valence-electron chi connectivity index (χ3n) is 6.99. The van der Waals surface area contributed by atoms with Gasteiger partial charge in [-0.25, -0.2) is 22.6 Å². The maximum absolute atomic E-state index is 13.5. The number of halogens is 3. The Morgan fingerprint density at radius 1 is 0.894 bits per heavy atom. The highest BCUT2D eigenvalue weighted by atomic mass is 32.2. The molecule has 4 aromatic carbocycles. The van der Waals surface area contributed by atoms with E-state index in [1.165, 1.54) is 48.5 Å². The average Bonchev–Trinajstić information content (AvgIpc) is 3.50. The van der Waals surface area contributed by atoms with Crippen LogP contribution in [-0.2, 0) is 27.4 Å². The first kappa shape index (κ1) is 32.8.